The van der Waals surface area contributed by atoms with Crippen LogP contribution in [-0.2, 0) is 0 Å². The Balaban J connectivity index is 1.63. The van der Waals surface area contributed by atoms with Crippen molar-refractivity contribution in [2.45, 2.75) is 6.92 Å². The second-order valence-electron chi connectivity index (χ2n) is 5.39. The van der Waals surface area contributed by atoms with Gasteiger partial charge >= 0.3 is 0 Å². The van der Waals surface area contributed by atoms with E-state index in [1.165, 1.54) is 0 Å². The summed E-state index contributed by atoms with van der Waals surface area (Å²) in [6, 6.07) is 9.16. The third-order valence-electron chi connectivity index (χ3n) is 3.81. The fourth-order valence-electron chi connectivity index (χ4n) is 2.55. The van der Waals surface area contributed by atoms with Crippen LogP contribution in [0.25, 0.3) is 0 Å². The molecular weight excluding hydrogens is 409 g/mol. The van der Waals surface area contributed by atoms with E-state index < -0.39 is 0 Å². The molecule has 0 radical (unpaired) electrons. The van der Waals surface area contributed by atoms with Crippen LogP contribution in [-0.4, -0.2) is 52.9 Å². The minimum absolute atomic E-state index is 0.0133. The summed E-state index contributed by atoms with van der Waals surface area (Å²) in [5, 5.41) is 3.76. The van der Waals surface area contributed by atoms with Crippen molar-refractivity contribution in [1.29, 1.82) is 0 Å². The number of hydrogen-bond acceptors (Lipinski definition) is 4. The standard InChI is InChI=1S/C16H16IN3O3/c1-11-10-14(18-23-11)16(22)20-8-6-19(7-9-20)15(21)12-4-2-3-5-13(12)17/h2-5,10H,6-9H2,1H3. The summed E-state index contributed by atoms with van der Waals surface area (Å²) in [7, 11) is 0. The molecular formula is C16H16IN3O3. The highest BCUT2D eigenvalue weighted by molar-refractivity contribution is 14.1. The number of amides is 2. The van der Waals surface area contributed by atoms with Gasteiger partial charge in [-0.1, -0.05) is 17.3 Å². The van der Waals surface area contributed by atoms with Crippen LogP contribution in [0.2, 0.25) is 0 Å². The highest BCUT2D eigenvalue weighted by Crippen LogP contribution is 2.16. The second kappa shape index (κ2) is 6.69. The summed E-state index contributed by atoms with van der Waals surface area (Å²) >= 11 is 2.17. The number of aromatic nitrogens is 1. The van der Waals surface area contributed by atoms with Crippen LogP contribution >= 0.6 is 22.6 Å². The zero-order chi connectivity index (χ0) is 16.4. The molecule has 2 amide bonds. The van der Waals surface area contributed by atoms with E-state index in [1.807, 2.05) is 24.3 Å². The summed E-state index contributed by atoms with van der Waals surface area (Å²) in [6.45, 7) is 3.79. The topological polar surface area (TPSA) is 66.7 Å². The van der Waals surface area contributed by atoms with Gasteiger partial charge in [0.15, 0.2) is 5.69 Å². The quantitative estimate of drug-likeness (QED) is 0.693. The van der Waals surface area contributed by atoms with Crippen molar-refractivity contribution in [1.82, 2.24) is 15.0 Å². The zero-order valence-electron chi connectivity index (χ0n) is 12.7. The molecule has 120 valence electrons. The Morgan fingerprint density at radius 1 is 1.09 bits per heavy atom. The van der Waals surface area contributed by atoms with E-state index >= 15 is 0 Å². The molecule has 1 aromatic carbocycles. The van der Waals surface area contributed by atoms with E-state index in [0.717, 1.165) is 3.57 Å². The van der Waals surface area contributed by atoms with Gasteiger partial charge in [-0.15, -0.1) is 0 Å². The summed E-state index contributed by atoms with van der Waals surface area (Å²) < 4.78 is 5.88. The van der Waals surface area contributed by atoms with Crippen LogP contribution in [0.5, 0.6) is 0 Å². The Bertz CT molecular complexity index is 736. The van der Waals surface area contributed by atoms with Crippen molar-refractivity contribution in [2.75, 3.05) is 26.2 Å². The first-order valence-corrected chi connectivity index (χ1v) is 8.40. The summed E-state index contributed by atoms with van der Waals surface area (Å²) in [6.07, 6.45) is 0. The first-order chi connectivity index (χ1) is 11.1. The van der Waals surface area contributed by atoms with E-state index in [0.29, 0.717) is 43.2 Å². The van der Waals surface area contributed by atoms with E-state index in [2.05, 4.69) is 27.7 Å². The molecule has 0 N–H and O–H groups in total. The van der Waals surface area contributed by atoms with E-state index in [9.17, 15) is 9.59 Å². The van der Waals surface area contributed by atoms with Crippen LogP contribution in [0.4, 0.5) is 0 Å². The number of carbonyl (C=O) groups is 2. The molecule has 1 aliphatic rings. The smallest absolute Gasteiger partial charge is 0.276 e. The van der Waals surface area contributed by atoms with Gasteiger partial charge in [-0.2, -0.15) is 0 Å². The van der Waals surface area contributed by atoms with Gasteiger partial charge in [0.2, 0.25) is 0 Å². The Morgan fingerprint density at radius 3 is 2.26 bits per heavy atom. The molecule has 6 nitrogen and oxygen atoms in total. The molecule has 1 aliphatic heterocycles. The summed E-state index contributed by atoms with van der Waals surface area (Å²) in [5.41, 5.74) is 1.03. The lowest BCUT2D eigenvalue weighted by Crippen LogP contribution is -2.50. The van der Waals surface area contributed by atoms with Gasteiger partial charge < -0.3 is 14.3 Å². The Labute approximate surface area is 147 Å². The van der Waals surface area contributed by atoms with Crippen molar-refractivity contribution < 1.29 is 14.1 Å². The maximum absolute atomic E-state index is 12.6. The van der Waals surface area contributed by atoms with Crippen molar-refractivity contribution in [3.05, 3.63) is 50.9 Å². The molecule has 23 heavy (non-hydrogen) atoms. The second-order valence-corrected chi connectivity index (χ2v) is 6.55. The highest BCUT2D eigenvalue weighted by Gasteiger charge is 2.27. The minimum atomic E-state index is -0.150. The molecule has 2 aromatic rings. The molecule has 7 heteroatoms. The van der Waals surface area contributed by atoms with Gasteiger partial charge in [-0.3, -0.25) is 9.59 Å². The number of piperazine rings is 1. The lowest BCUT2D eigenvalue weighted by Gasteiger charge is -2.34. The van der Waals surface area contributed by atoms with Gasteiger partial charge in [0.25, 0.3) is 11.8 Å². The molecule has 0 saturated carbocycles. The fourth-order valence-corrected chi connectivity index (χ4v) is 3.16. The van der Waals surface area contributed by atoms with Crippen molar-refractivity contribution in [2.24, 2.45) is 0 Å². The van der Waals surface area contributed by atoms with E-state index in [4.69, 9.17) is 4.52 Å². The van der Waals surface area contributed by atoms with Crippen molar-refractivity contribution in [3.63, 3.8) is 0 Å². The van der Waals surface area contributed by atoms with Crippen LogP contribution in [0, 0.1) is 10.5 Å². The van der Waals surface area contributed by atoms with Crippen LogP contribution in [0.3, 0.4) is 0 Å². The Kier molecular flexibility index (Phi) is 4.65. The van der Waals surface area contributed by atoms with Crippen LogP contribution < -0.4 is 0 Å². The molecule has 2 heterocycles. The SMILES string of the molecule is Cc1cc(C(=O)N2CCN(C(=O)c3ccccc3I)CC2)no1. The van der Waals surface area contributed by atoms with E-state index in [1.54, 1.807) is 22.8 Å². The number of nitrogens with zero attached hydrogens (tertiary/aromatic N) is 3. The molecule has 0 spiro atoms. The average molecular weight is 425 g/mol. The molecule has 0 bridgehead atoms. The van der Waals surface area contributed by atoms with Gasteiger partial charge in [0.1, 0.15) is 5.76 Å². The molecule has 0 atom stereocenters. The fraction of sp³-hybridized carbons (Fsp3) is 0.312. The zero-order valence-corrected chi connectivity index (χ0v) is 14.8. The van der Waals surface area contributed by atoms with E-state index in [-0.39, 0.29) is 11.8 Å². The number of rotatable bonds is 2. The highest BCUT2D eigenvalue weighted by atomic mass is 127. The number of aryl methyl sites for hydroxylation is 1. The van der Waals surface area contributed by atoms with Gasteiger partial charge in [-0.05, 0) is 41.6 Å². The van der Waals surface area contributed by atoms with Gasteiger partial charge in [0.05, 0.1) is 5.56 Å². The van der Waals surface area contributed by atoms with Crippen LogP contribution in [0.15, 0.2) is 34.9 Å². The molecule has 0 aliphatic carbocycles. The first kappa shape index (κ1) is 16.0. The Hall–Kier alpha value is -1.90. The van der Waals surface area contributed by atoms with Crippen molar-refractivity contribution in [3.8, 4) is 0 Å². The monoisotopic (exact) mass is 425 g/mol. The largest absolute Gasteiger partial charge is 0.361 e. The molecule has 3 rings (SSSR count). The third kappa shape index (κ3) is 3.39. The maximum atomic E-state index is 12.6. The summed E-state index contributed by atoms with van der Waals surface area (Å²) in [5.74, 6) is 0.475. The molecule has 1 fully saturated rings. The molecule has 1 saturated heterocycles. The summed E-state index contributed by atoms with van der Waals surface area (Å²) in [4.78, 5) is 28.4. The minimum Gasteiger partial charge on any atom is -0.361 e. The van der Waals surface area contributed by atoms with Crippen LogP contribution in [0.1, 0.15) is 26.6 Å². The average Bonchev–Trinajstić information content (AvgIpc) is 3.01. The predicted molar refractivity (Wildman–Crippen MR) is 92.2 cm³/mol. The van der Waals surface area contributed by atoms with Gasteiger partial charge in [0, 0.05) is 35.8 Å². The Morgan fingerprint density at radius 2 is 1.70 bits per heavy atom. The van der Waals surface area contributed by atoms with Gasteiger partial charge in [-0.25, -0.2) is 0 Å². The number of benzene rings is 1. The molecule has 0 unspecified atom stereocenters. The van der Waals surface area contributed by atoms with Crippen molar-refractivity contribution >= 4 is 34.4 Å². The maximum Gasteiger partial charge on any atom is 0.276 e. The lowest BCUT2D eigenvalue weighted by atomic mass is 10.2. The molecule has 1 aromatic heterocycles. The normalized spacial score (nSPS) is 14.9. The lowest BCUT2D eigenvalue weighted by molar-refractivity contribution is 0.0529. The number of carbonyl (C=O) groups excluding carboxylic acids is 2. The third-order valence-corrected chi connectivity index (χ3v) is 4.75. The first-order valence-electron chi connectivity index (χ1n) is 7.32. The number of hydrogen-bond donors (Lipinski definition) is 0. The predicted octanol–water partition coefficient (Wildman–Crippen LogP) is 2.19. The number of halogens is 1.